The summed E-state index contributed by atoms with van der Waals surface area (Å²) in [6, 6.07) is 4.51. The lowest BCUT2D eigenvalue weighted by molar-refractivity contribution is -0.384. The molecule has 0 aliphatic heterocycles. The number of non-ortho nitro benzene ring substituents is 1. The number of carbonyl (C=O) groups is 2. The first-order chi connectivity index (χ1) is 12.7. The maximum Gasteiger partial charge on any atom is 0.270 e. The predicted octanol–water partition coefficient (Wildman–Crippen LogP) is 4.72. The molecule has 0 fully saturated rings. The van der Waals surface area contributed by atoms with Gasteiger partial charge in [0.2, 0.25) is 0 Å². The first-order valence-corrected chi connectivity index (χ1v) is 9.84. The highest BCUT2D eigenvalue weighted by atomic mass is 32.2. The van der Waals surface area contributed by atoms with Crippen molar-refractivity contribution in [2.45, 2.75) is 37.3 Å². The molecule has 0 bridgehead atoms. The molecule has 1 aromatic carbocycles. The van der Waals surface area contributed by atoms with Gasteiger partial charge in [-0.3, -0.25) is 19.7 Å². The average Bonchev–Trinajstić information content (AvgIpc) is 3.12. The highest BCUT2D eigenvalue weighted by Crippen LogP contribution is 2.35. The molecule has 0 aliphatic rings. The van der Waals surface area contributed by atoms with E-state index in [0.717, 1.165) is 0 Å². The second kappa shape index (κ2) is 7.24. The number of aromatic amines is 1. The van der Waals surface area contributed by atoms with Gasteiger partial charge in [0, 0.05) is 23.4 Å². The van der Waals surface area contributed by atoms with E-state index in [-0.39, 0.29) is 17.3 Å². The predicted molar refractivity (Wildman–Crippen MR) is 106 cm³/mol. The molecule has 140 valence electrons. The Hall–Kier alpha value is -2.52. The number of nitrogens with one attached hydrogen (secondary N) is 1. The molecule has 2 heterocycles. The monoisotopic (exact) mass is 403 g/mol. The molecule has 0 radical (unpaired) electrons. The van der Waals surface area contributed by atoms with Crippen molar-refractivity contribution in [2.24, 2.45) is 0 Å². The molecule has 0 saturated carbocycles. The number of rotatable bonds is 6. The van der Waals surface area contributed by atoms with Crippen LogP contribution in [0.1, 0.15) is 46.0 Å². The van der Waals surface area contributed by atoms with Gasteiger partial charge in [-0.2, -0.15) is 0 Å². The number of thioether (sulfide) groups is 1. The summed E-state index contributed by atoms with van der Waals surface area (Å²) in [5.41, 5.74) is 3.03. The number of hydrogen-bond acceptors (Lipinski definition) is 7. The van der Waals surface area contributed by atoms with Gasteiger partial charge in [-0.25, -0.2) is 4.98 Å². The van der Waals surface area contributed by atoms with E-state index >= 15 is 0 Å². The van der Waals surface area contributed by atoms with Gasteiger partial charge in [0.15, 0.2) is 15.9 Å². The molecule has 0 spiro atoms. The van der Waals surface area contributed by atoms with Gasteiger partial charge < -0.3 is 4.98 Å². The second-order valence-electron chi connectivity index (χ2n) is 6.19. The Morgan fingerprint density at radius 3 is 2.63 bits per heavy atom. The quantitative estimate of drug-likeness (QED) is 0.276. The maximum atomic E-state index is 12.8. The number of carbonyl (C=O) groups excluding carboxylic acids is 2. The SMILES string of the molecule is CC(=O)c1c(C)[nH]c(C(=O)[C@H](C)Sc2nc3ccc([N+](=O)[O-])cc3s2)c1C. The molecule has 1 atom stereocenters. The third-order valence-electron chi connectivity index (χ3n) is 4.25. The lowest BCUT2D eigenvalue weighted by Crippen LogP contribution is -2.15. The lowest BCUT2D eigenvalue weighted by Gasteiger charge is -2.08. The first kappa shape index (κ1) is 19.2. The minimum atomic E-state index is -0.443. The summed E-state index contributed by atoms with van der Waals surface area (Å²) in [7, 11) is 0. The van der Waals surface area contributed by atoms with E-state index in [4.69, 9.17) is 0 Å². The van der Waals surface area contributed by atoms with Gasteiger partial charge in [-0.15, -0.1) is 11.3 Å². The van der Waals surface area contributed by atoms with Gasteiger partial charge in [-0.05, 0) is 39.3 Å². The van der Waals surface area contributed by atoms with Crippen LogP contribution in [0.25, 0.3) is 10.2 Å². The molecule has 0 saturated heterocycles. The van der Waals surface area contributed by atoms with Crippen molar-refractivity contribution in [2.75, 3.05) is 0 Å². The van der Waals surface area contributed by atoms with Crippen molar-refractivity contribution in [1.29, 1.82) is 0 Å². The van der Waals surface area contributed by atoms with Gasteiger partial charge >= 0.3 is 0 Å². The van der Waals surface area contributed by atoms with Crippen LogP contribution in [0.4, 0.5) is 5.69 Å². The molecule has 0 unspecified atom stereocenters. The maximum absolute atomic E-state index is 12.8. The number of Topliss-reactive ketones (excluding diaryl/α,β-unsaturated/α-hetero) is 2. The lowest BCUT2D eigenvalue weighted by atomic mass is 10.0. The summed E-state index contributed by atoms with van der Waals surface area (Å²) in [6.07, 6.45) is 0. The topological polar surface area (TPSA) is 106 Å². The van der Waals surface area contributed by atoms with Crippen LogP contribution in [0.3, 0.4) is 0 Å². The Morgan fingerprint density at radius 1 is 1.33 bits per heavy atom. The minimum Gasteiger partial charge on any atom is -0.355 e. The molecule has 2 aromatic heterocycles. The molecule has 3 rings (SSSR count). The first-order valence-electron chi connectivity index (χ1n) is 8.15. The van der Waals surface area contributed by atoms with Crippen molar-refractivity contribution in [3.63, 3.8) is 0 Å². The number of nitro groups is 1. The molecule has 3 aromatic rings. The number of benzene rings is 1. The summed E-state index contributed by atoms with van der Waals surface area (Å²) < 4.78 is 1.37. The normalized spacial score (nSPS) is 12.3. The van der Waals surface area contributed by atoms with E-state index in [9.17, 15) is 19.7 Å². The van der Waals surface area contributed by atoms with Crippen LogP contribution in [-0.4, -0.2) is 31.7 Å². The average molecular weight is 403 g/mol. The van der Waals surface area contributed by atoms with Gasteiger partial charge in [0.05, 0.1) is 26.1 Å². The molecule has 27 heavy (non-hydrogen) atoms. The molecule has 7 nitrogen and oxygen atoms in total. The van der Waals surface area contributed by atoms with E-state index < -0.39 is 10.2 Å². The van der Waals surface area contributed by atoms with Crippen molar-refractivity contribution in [3.8, 4) is 0 Å². The van der Waals surface area contributed by atoms with Crippen LogP contribution in [0, 0.1) is 24.0 Å². The van der Waals surface area contributed by atoms with Crippen LogP contribution in [0.5, 0.6) is 0 Å². The van der Waals surface area contributed by atoms with E-state index in [2.05, 4.69) is 9.97 Å². The van der Waals surface area contributed by atoms with Gasteiger partial charge in [0.25, 0.3) is 5.69 Å². The third-order valence-corrected chi connectivity index (χ3v) is 6.46. The third kappa shape index (κ3) is 3.65. The fraction of sp³-hybridized carbons (Fsp3) is 0.278. The van der Waals surface area contributed by atoms with Crippen LogP contribution in [-0.2, 0) is 0 Å². The fourth-order valence-electron chi connectivity index (χ4n) is 2.99. The summed E-state index contributed by atoms with van der Waals surface area (Å²) in [6.45, 7) is 6.81. The molecular formula is C18H17N3O4S2. The Labute approximate surface area is 163 Å². The Balaban J connectivity index is 1.85. The summed E-state index contributed by atoms with van der Waals surface area (Å²) >= 11 is 2.62. The smallest absolute Gasteiger partial charge is 0.270 e. The number of nitro benzene ring substituents is 1. The zero-order valence-corrected chi connectivity index (χ0v) is 16.8. The number of fused-ring (bicyclic) bond motifs is 1. The highest BCUT2D eigenvalue weighted by molar-refractivity contribution is 8.02. The van der Waals surface area contributed by atoms with E-state index in [1.54, 1.807) is 26.8 Å². The number of aromatic nitrogens is 2. The van der Waals surface area contributed by atoms with Crippen molar-refractivity contribution >= 4 is 50.6 Å². The number of nitrogens with zero attached hydrogens (tertiary/aromatic N) is 2. The standard InChI is InChI=1S/C18H17N3O4S2/c1-8-15(10(3)22)9(2)19-16(8)17(23)11(4)26-18-20-13-6-5-12(21(24)25)7-14(13)27-18/h5-7,11,19H,1-4H3/t11-/m0/s1. The number of hydrogen-bond donors (Lipinski definition) is 1. The molecule has 0 aliphatic carbocycles. The van der Waals surface area contributed by atoms with E-state index in [1.807, 2.05) is 0 Å². The number of ketones is 2. The summed E-state index contributed by atoms with van der Waals surface area (Å²) in [4.78, 5) is 42.5. The minimum absolute atomic E-state index is 0.0149. The van der Waals surface area contributed by atoms with Crippen molar-refractivity contribution in [1.82, 2.24) is 9.97 Å². The van der Waals surface area contributed by atoms with E-state index in [1.165, 1.54) is 42.2 Å². The second-order valence-corrected chi connectivity index (χ2v) is 8.81. The molecule has 9 heteroatoms. The van der Waals surface area contributed by atoms with Crippen molar-refractivity contribution < 1.29 is 14.5 Å². The van der Waals surface area contributed by atoms with Gasteiger partial charge in [0.1, 0.15) is 0 Å². The highest BCUT2D eigenvalue weighted by Gasteiger charge is 2.25. The number of thiazole rings is 1. The molecule has 1 N–H and O–H groups in total. The summed E-state index contributed by atoms with van der Waals surface area (Å²) in [5.74, 6) is -0.188. The largest absolute Gasteiger partial charge is 0.355 e. The van der Waals surface area contributed by atoms with Crippen LogP contribution >= 0.6 is 23.1 Å². The molecule has 0 amide bonds. The Kier molecular flexibility index (Phi) is 5.16. The Morgan fingerprint density at radius 2 is 2.04 bits per heavy atom. The van der Waals surface area contributed by atoms with E-state index in [0.29, 0.717) is 37.1 Å². The Bertz CT molecular complexity index is 1080. The zero-order chi connectivity index (χ0) is 19.9. The summed E-state index contributed by atoms with van der Waals surface area (Å²) in [5, 5.41) is 10.5. The van der Waals surface area contributed by atoms with Crippen molar-refractivity contribution in [3.05, 3.63) is 50.8 Å². The number of aryl methyl sites for hydroxylation is 1. The van der Waals surface area contributed by atoms with Gasteiger partial charge in [-0.1, -0.05) is 11.8 Å². The van der Waals surface area contributed by atoms with Crippen LogP contribution in [0.15, 0.2) is 22.5 Å². The molecular weight excluding hydrogens is 386 g/mol. The fourth-order valence-corrected chi connectivity index (χ4v) is 5.29. The zero-order valence-electron chi connectivity index (χ0n) is 15.2. The van der Waals surface area contributed by atoms with Crippen LogP contribution < -0.4 is 0 Å². The number of H-pyrrole nitrogens is 1. The van der Waals surface area contributed by atoms with Crippen LogP contribution in [0.2, 0.25) is 0 Å².